The van der Waals surface area contributed by atoms with Crippen molar-refractivity contribution in [2.24, 2.45) is 0 Å². The molecule has 2 amide bonds. The van der Waals surface area contributed by atoms with E-state index >= 15 is 0 Å². The third-order valence-electron chi connectivity index (χ3n) is 4.82. The lowest BCUT2D eigenvalue weighted by Crippen LogP contribution is -2.53. The van der Waals surface area contributed by atoms with E-state index in [0.29, 0.717) is 39.3 Å². The Morgan fingerprint density at radius 2 is 1.80 bits per heavy atom. The largest absolute Gasteiger partial charge is 0.385 e. The Hall–Kier alpha value is -2.08. The van der Waals surface area contributed by atoms with Gasteiger partial charge in [-0.3, -0.25) is 14.5 Å². The quantitative estimate of drug-likeness (QED) is 0.500. The Kier molecular flexibility index (Phi) is 9.15. The molecule has 1 fully saturated rings. The number of hydrogen-bond acceptors (Lipinski definition) is 6. The van der Waals surface area contributed by atoms with Gasteiger partial charge in [-0.15, -0.1) is 0 Å². The van der Waals surface area contributed by atoms with Crippen LogP contribution in [-0.2, 0) is 24.3 Å². The second-order valence-corrected chi connectivity index (χ2v) is 9.11. The van der Waals surface area contributed by atoms with E-state index in [-0.39, 0.29) is 29.8 Å². The monoisotopic (exact) mass is 444 g/mol. The Labute approximate surface area is 176 Å². The van der Waals surface area contributed by atoms with Gasteiger partial charge in [0.15, 0.2) is 0 Å². The van der Waals surface area contributed by atoms with Crippen molar-refractivity contribution < 1.29 is 27.1 Å². The summed E-state index contributed by atoms with van der Waals surface area (Å²) in [6.07, 6.45) is 0.749. The zero-order valence-electron chi connectivity index (χ0n) is 17.3. The number of nitrogens with zero attached hydrogens (tertiary/aromatic N) is 3. The molecule has 0 radical (unpaired) electrons. The second kappa shape index (κ2) is 11.3. The molecule has 168 valence electrons. The summed E-state index contributed by atoms with van der Waals surface area (Å²) in [5.74, 6) is -0.919. The minimum Gasteiger partial charge on any atom is -0.385 e. The van der Waals surface area contributed by atoms with Crippen LogP contribution in [0.25, 0.3) is 0 Å². The zero-order valence-corrected chi connectivity index (χ0v) is 18.2. The van der Waals surface area contributed by atoms with E-state index in [4.69, 9.17) is 4.74 Å². The lowest BCUT2D eigenvalue weighted by molar-refractivity contribution is -0.133. The summed E-state index contributed by atoms with van der Waals surface area (Å²) in [7, 11) is -0.952. The van der Waals surface area contributed by atoms with Gasteiger partial charge in [0.05, 0.1) is 18.0 Å². The van der Waals surface area contributed by atoms with Gasteiger partial charge in [-0.2, -0.15) is 4.31 Å². The van der Waals surface area contributed by atoms with Crippen LogP contribution in [0.1, 0.15) is 6.42 Å². The van der Waals surface area contributed by atoms with E-state index in [1.807, 2.05) is 4.90 Å². The summed E-state index contributed by atoms with van der Waals surface area (Å²) >= 11 is 0. The maximum Gasteiger partial charge on any atom is 0.243 e. The Morgan fingerprint density at radius 3 is 2.40 bits per heavy atom. The van der Waals surface area contributed by atoms with E-state index in [1.54, 1.807) is 12.0 Å². The molecule has 1 saturated heterocycles. The highest BCUT2D eigenvalue weighted by atomic mass is 32.2. The average Bonchev–Trinajstić information content (AvgIpc) is 2.72. The zero-order chi connectivity index (χ0) is 22.1. The van der Waals surface area contributed by atoms with Crippen molar-refractivity contribution in [3.05, 3.63) is 30.1 Å². The summed E-state index contributed by atoms with van der Waals surface area (Å²) in [5.41, 5.74) is 0. The first-order chi connectivity index (χ1) is 14.2. The maximum atomic E-state index is 13.0. The Balaban J connectivity index is 1.78. The maximum absolute atomic E-state index is 13.0. The van der Waals surface area contributed by atoms with Crippen molar-refractivity contribution >= 4 is 21.8 Å². The van der Waals surface area contributed by atoms with Crippen LogP contribution in [0.3, 0.4) is 0 Å². The minimum atomic E-state index is -3.88. The number of halogens is 1. The van der Waals surface area contributed by atoms with Crippen LogP contribution in [0.15, 0.2) is 29.2 Å². The van der Waals surface area contributed by atoms with Crippen molar-refractivity contribution in [1.82, 2.24) is 19.4 Å². The third kappa shape index (κ3) is 7.01. The van der Waals surface area contributed by atoms with Gasteiger partial charge in [0.2, 0.25) is 21.8 Å². The first-order valence-electron chi connectivity index (χ1n) is 9.71. The normalized spacial score (nSPS) is 15.4. The SMILES string of the molecule is COCCCNC(=O)CN1CCN(C(=O)CN(C)S(=O)(=O)c2ccc(F)cc2)CC1. The molecule has 0 spiro atoms. The molecule has 9 nitrogen and oxygen atoms in total. The molecular weight excluding hydrogens is 415 g/mol. The van der Waals surface area contributed by atoms with E-state index < -0.39 is 15.8 Å². The highest BCUT2D eigenvalue weighted by molar-refractivity contribution is 7.89. The summed E-state index contributed by atoms with van der Waals surface area (Å²) < 4.78 is 44.0. The van der Waals surface area contributed by atoms with Crippen molar-refractivity contribution in [3.8, 4) is 0 Å². The molecule has 30 heavy (non-hydrogen) atoms. The average molecular weight is 445 g/mol. The fraction of sp³-hybridized carbons (Fsp3) is 0.579. The summed E-state index contributed by atoms with van der Waals surface area (Å²) in [6, 6.07) is 4.47. The molecule has 0 unspecified atom stereocenters. The van der Waals surface area contributed by atoms with E-state index in [2.05, 4.69) is 5.32 Å². The predicted molar refractivity (Wildman–Crippen MR) is 109 cm³/mol. The minimum absolute atomic E-state index is 0.0690. The van der Waals surface area contributed by atoms with Crippen LogP contribution in [-0.4, -0.2) is 101 Å². The van der Waals surface area contributed by atoms with Gasteiger partial charge in [-0.25, -0.2) is 12.8 Å². The topological polar surface area (TPSA) is 99.3 Å². The van der Waals surface area contributed by atoms with Gasteiger partial charge < -0.3 is 15.0 Å². The second-order valence-electron chi connectivity index (χ2n) is 7.07. The number of likely N-dealkylation sites (N-methyl/N-ethyl adjacent to an activating group) is 1. The molecule has 0 bridgehead atoms. The Morgan fingerprint density at radius 1 is 1.17 bits per heavy atom. The molecular formula is C19H29FN4O5S. The number of methoxy groups -OCH3 is 1. The van der Waals surface area contributed by atoms with Gasteiger partial charge in [-0.1, -0.05) is 0 Å². The number of carbonyl (C=O) groups excluding carboxylic acids is 2. The number of piperazine rings is 1. The lowest BCUT2D eigenvalue weighted by atomic mass is 10.3. The van der Waals surface area contributed by atoms with E-state index in [0.717, 1.165) is 22.9 Å². The lowest BCUT2D eigenvalue weighted by Gasteiger charge is -2.35. The highest BCUT2D eigenvalue weighted by Crippen LogP contribution is 2.15. The number of rotatable bonds is 10. The van der Waals surface area contributed by atoms with Gasteiger partial charge in [0.1, 0.15) is 5.82 Å². The Bertz CT molecular complexity index is 811. The fourth-order valence-electron chi connectivity index (χ4n) is 3.02. The molecule has 0 atom stereocenters. The molecule has 0 saturated carbocycles. The van der Waals surface area contributed by atoms with Crippen LogP contribution in [0, 0.1) is 5.82 Å². The van der Waals surface area contributed by atoms with Crippen molar-refractivity contribution in [1.29, 1.82) is 0 Å². The number of carbonyl (C=O) groups is 2. The summed E-state index contributed by atoms with van der Waals surface area (Å²) in [4.78, 5) is 27.9. The summed E-state index contributed by atoms with van der Waals surface area (Å²) in [5, 5.41) is 2.82. The van der Waals surface area contributed by atoms with Gasteiger partial charge in [-0.05, 0) is 30.7 Å². The number of benzene rings is 1. The molecule has 1 aliphatic heterocycles. The summed E-state index contributed by atoms with van der Waals surface area (Å²) in [6.45, 7) is 3.00. The molecule has 1 aromatic carbocycles. The van der Waals surface area contributed by atoms with Gasteiger partial charge >= 0.3 is 0 Å². The van der Waals surface area contributed by atoms with Crippen molar-refractivity contribution in [3.63, 3.8) is 0 Å². The highest BCUT2D eigenvalue weighted by Gasteiger charge is 2.27. The number of hydrogen-bond donors (Lipinski definition) is 1. The molecule has 1 aliphatic rings. The molecule has 1 N–H and O–H groups in total. The third-order valence-corrected chi connectivity index (χ3v) is 6.64. The molecule has 2 rings (SSSR count). The first-order valence-corrected chi connectivity index (χ1v) is 11.2. The van der Waals surface area contributed by atoms with Crippen molar-refractivity contribution in [2.75, 3.05) is 66.6 Å². The molecule has 11 heteroatoms. The van der Waals surface area contributed by atoms with Gasteiger partial charge in [0.25, 0.3) is 0 Å². The molecule has 0 aromatic heterocycles. The smallest absolute Gasteiger partial charge is 0.243 e. The van der Waals surface area contributed by atoms with Crippen LogP contribution >= 0.6 is 0 Å². The fourth-order valence-corrected chi connectivity index (χ4v) is 4.14. The number of nitrogens with one attached hydrogen (secondary N) is 1. The molecule has 0 aliphatic carbocycles. The van der Waals surface area contributed by atoms with Crippen LogP contribution in [0.2, 0.25) is 0 Å². The van der Waals surface area contributed by atoms with Crippen LogP contribution in [0.4, 0.5) is 4.39 Å². The van der Waals surface area contributed by atoms with E-state index in [1.165, 1.54) is 19.2 Å². The first kappa shape index (κ1) is 24.2. The molecule has 1 heterocycles. The van der Waals surface area contributed by atoms with E-state index in [9.17, 15) is 22.4 Å². The number of ether oxygens (including phenoxy) is 1. The number of amides is 2. The van der Waals surface area contributed by atoms with Crippen LogP contribution < -0.4 is 5.32 Å². The number of sulfonamides is 1. The van der Waals surface area contributed by atoms with Crippen molar-refractivity contribution in [2.45, 2.75) is 11.3 Å². The molecule has 1 aromatic rings. The standard InChI is InChI=1S/C19H29FN4O5S/c1-22(30(27,28)17-6-4-16(20)5-7-17)15-19(26)24-11-9-23(10-12-24)14-18(25)21-8-3-13-29-2/h4-7H,3,8-15H2,1-2H3,(H,21,25). The van der Waals surface area contributed by atoms with Gasteiger partial charge in [0, 0.05) is 53.5 Å². The predicted octanol–water partition coefficient (Wildman–Crippen LogP) is -0.257. The van der Waals surface area contributed by atoms with Crippen LogP contribution in [0.5, 0.6) is 0 Å².